The van der Waals surface area contributed by atoms with E-state index in [0.29, 0.717) is 0 Å². The predicted molar refractivity (Wildman–Crippen MR) is 138 cm³/mol. The number of fused-ring (bicyclic) bond motifs is 4. The van der Waals surface area contributed by atoms with Crippen molar-refractivity contribution in [1.29, 1.82) is 0 Å². The lowest BCUT2D eigenvalue weighted by Gasteiger charge is -2.26. The molecule has 0 saturated carbocycles. The van der Waals surface area contributed by atoms with Gasteiger partial charge in [-0.2, -0.15) is 0 Å². The van der Waals surface area contributed by atoms with Crippen LogP contribution in [0.3, 0.4) is 0 Å². The molecule has 1 heteroatoms. The first-order chi connectivity index (χ1) is 15.8. The van der Waals surface area contributed by atoms with Crippen LogP contribution < -0.4 is 4.90 Å². The summed E-state index contributed by atoms with van der Waals surface area (Å²) in [5, 5.41) is 7.63. The zero-order valence-electron chi connectivity index (χ0n) is 18.0. The van der Waals surface area contributed by atoms with Gasteiger partial charge in [0, 0.05) is 17.1 Å². The van der Waals surface area contributed by atoms with Gasteiger partial charge in [0.25, 0.3) is 0 Å². The largest absolute Gasteiger partial charge is 0.310 e. The van der Waals surface area contributed by atoms with Gasteiger partial charge in [0.05, 0.1) is 0 Å². The molecule has 0 unspecified atom stereocenters. The molecule has 1 nitrogen and oxygen atoms in total. The van der Waals surface area contributed by atoms with E-state index in [0.717, 1.165) is 17.1 Å². The second kappa shape index (κ2) is 7.55. The molecule has 0 heterocycles. The van der Waals surface area contributed by atoms with Crippen molar-refractivity contribution in [2.24, 2.45) is 0 Å². The van der Waals surface area contributed by atoms with Crippen molar-refractivity contribution >= 4 is 49.4 Å². The van der Waals surface area contributed by atoms with E-state index in [1.165, 1.54) is 37.9 Å². The lowest BCUT2D eigenvalue weighted by Crippen LogP contribution is -2.09. The summed E-state index contributed by atoms with van der Waals surface area (Å²) >= 11 is 0. The molecule has 0 bridgehead atoms. The lowest BCUT2D eigenvalue weighted by atomic mass is 9.99. The Morgan fingerprint density at radius 2 is 0.969 bits per heavy atom. The second-order valence-corrected chi connectivity index (χ2v) is 8.40. The molecule has 0 fully saturated rings. The van der Waals surface area contributed by atoms with Gasteiger partial charge in [0.2, 0.25) is 0 Å². The first kappa shape index (κ1) is 18.7. The summed E-state index contributed by atoms with van der Waals surface area (Å²) in [5.74, 6) is 0. The molecule has 0 amide bonds. The Balaban J connectivity index is 1.56. The summed E-state index contributed by atoms with van der Waals surface area (Å²) in [6, 6.07) is 43.8. The Labute approximate surface area is 188 Å². The van der Waals surface area contributed by atoms with Crippen LogP contribution in [0.15, 0.2) is 121 Å². The highest BCUT2D eigenvalue weighted by Crippen LogP contribution is 2.38. The smallest absolute Gasteiger partial charge is 0.0468 e. The van der Waals surface area contributed by atoms with Gasteiger partial charge in [-0.3, -0.25) is 0 Å². The van der Waals surface area contributed by atoms with Crippen molar-refractivity contribution < 1.29 is 0 Å². The Bertz CT molecular complexity index is 1580. The predicted octanol–water partition coefficient (Wildman–Crippen LogP) is 8.92. The Kier molecular flexibility index (Phi) is 4.40. The first-order valence-corrected chi connectivity index (χ1v) is 11.0. The van der Waals surface area contributed by atoms with Crippen LogP contribution in [0.1, 0.15) is 5.56 Å². The molecule has 0 aliphatic rings. The molecule has 0 aromatic heterocycles. The Morgan fingerprint density at radius 1 is 0.406 bits per heavy atom. The van der Waals surface area contributed by atoms with Gasteiger partial charge in [-0.1, -0.05) is 90.5 Å². The van der Waals surface area contributed by atoms with Crippen molar-refractivity contribution in [2.45, 2.75) is 6.92 Å². The van der Waals surface area contributed by atoms with E-state index in [2.05, 4.69) is 133 Å². The molecule has 0 aliphatic carbocycles. The summed E-state index contributed by atoms with van der Waals surface area (Å²) in [6.07, 6.45) is 0. The van der Waals surface area contributed by atoms with Crippen LogP contribution in [0.25, 0.3) is 32.3 Å². The Hall–Kier alpha value is -4.10. The number of rotatable bonds is 3. The van der Waals surface area contributed by atoms with E-state index in [9.17, 15) is 0 Å². The third-order valence-corrected chi connectivity index (χ3v) is 6.24. The number of nitrogens with zero attached hydrogens (tertiary/aromatic N) is 1. The normalized spacial score (nSPS) is 11.3. The molecule has 152 valence electrons. The number of para-hydroxylation sites is 1. The van der Waals surface area contributed by atoms with Crippen molar-refractivity contribution in [1.82, 2.24) is 0 Å². The SMILES string of the molecule is Cc1ccc2c(ccc3cc(N(c4ccccc4)c4ccc5ccccc5c4)ccc32)c1. The number of anilines is 3. The molecule has 6 rings (SSSR count). The standard InChI is InChI=1S/C31H23N/c1-22-11-17-30-25(19-22)12-13-26-21-29(16-18-31(26)30)32(27-9-3-2-4-10-27)28-15-14-23-7-5-6-8-24(23)20-28/h2-21H,1H3. The van der Waals surface area contributed by atoms with Crippen LogP contribution in [-0.2, 0) is 0 Å². The van der Waals surface area contributed by atoms with Gasteiger partial charge in [0.1, 0.15) is 0 Å². The highest BCUT2D eigenvalue weighted by molar-refractivity contribution is 6.08. The molecular weight excluding hydrogens is 386 g/mol. The van der Waals surface area contributed by atoms with E-state index in [1.807, 2.05) is 0 Å². The lowest BCUT2D eigenvalue weighted by molar-refractivity contribution is 1.29. The van der Waals surface area contributed by atoms with Crippen molar-refractivity contribution in [3.05, 3.63) is 127 Å². The minimum atomic E-state index is 1.15. The fraction of sp³-hybridized carbons (Fsp3) is 0.0323. The molecule has 0 N–H and O–H groups in total. The Morgan fingerprint density at radius 3 is 1.75 bits per heavy atom. The zero-order valence-corrected chi connectivity index (χ0v) is 18.0. The zero-order chi connectivity index (χ0) is 21.5. The van der Waals surface area contributed by atoms with E-state index in [4.69, 9.17) is 0 Å². The van der Waals surface area contributed by atoms with Gasteiger partial charge in [-0.15, -0.1) is 0 Å². The second-order valence-electron chi connectivity index (χ2n) is 8.40. The van der Waals surface area contributed by atoms with Gasteiger partial charge >= 0.3 is 0 Å². The third kappa shape index (κ3) is 3.19. The van der Waals surface area contributed by atoms with Gasteiger partial charge in [0.15, 0.2) is 0 Å². The fourth-order valence-electron chi connectivity index (χ4n) is 4.66. The maximum absolute atomic E-state index is 2.34. The summed E-state index contributed by atoms with van der Waals surface area (Å²) in [7, 11) is 0. The molecule has 32 heavy (non-hydrogen) atoms. The molecule has 0 spiro atoms. The topological polar surface area (TPSA) is 3.24 Å². The molecular formula is C31H23N. The summed E-state index contributed by atoms with van der Waals surface area (Å²) in [6.45, 7) is 2.15. The number of aryl methyl sites for hydroxylation is 1. The van der Waals surface area contributed by atoms with E-state index < -0.39 is 0 Å². The van der Waals surface area contributed by atoms with E-state index in [-0.39, 0.29) is 0 Å². The van der Waals surface area contributed by atoms with Crippen LogP contribution in [0.4, 0.5) is 17.1 Å². The number of benzene rings is 6. The molecule has 6 aromatic carbocycles. The van der Waals surface area contributed by atoms with Crippen LogP contribution in [0, 0.1) is 6.92 Å². The van der Waals surface area contributed by atoms with Crippen LogP contribution >= 0.6 is 0 Å². The fourth-order valence-corrected chi connectivity index (χ4v) is 4.66. The summed E-state index contributed by atoms with van der Waals surface area (Å²) < 4.78 is 0. The summed E-state index contributed by atoms with van der Waals surface area (Å²) in [4.78, 5) is 2.34. The summed E-state index contributed by atoms with van der Waals surface area (Å²) in [5.41, 5.74) is 4.76. The maximum atomic E-state index is 2.34. The van der Waals surface area contributed by atoms with E-state index >= 15 is 0 Å². The molecule has 0 radical (unpaired) electrons. The number of hydrogen-bond acceptors (Lipinski definition) is 1. The van der Waals surface area contributed by atoms with Crippen molar-refractivity contribution in [2.75, 3.05) is 4.90 Å². The van der Waals surface area contributed by atoms with Crippen molar-refractivity contribution in [3.63, 3.8) is 0 Å². The molecule has 6 aromatic rings. The van der Waals surface area contributed by atoms with Gasteiger partial charge in [-0.25, -0.2) is 0 Å². The molecule has 0 atom stereocenters. The highest BCUT2D eigenvalue weighted by atomic mass is 15.1. The van der Waals surface area contributed by atoms with Crippen LogP contribution in [-0.4, -0.2) is 0 Å². The minimum Gasteiger partial charge on any atom is -0.310 e. The third-order valence-electron chi connectivity index (χ3n) is 6.24. The molecule has 0 saturated heterocycles. The van der Waals surface area contributed by atoms with E-state index in [1.54, 1.807) is 0 Å². The average Bonchev–Trinajstić information content (AvgIpc) is 2.84. The number of hydrogen-bond donors (Lipinski definition) is 0. The van der Waals surface area contributed by atoms with Gasteiger partial charge in [-0.05, 0) is 75.6 Å². The first-order valence-electron chi connectivity index (χ1n) is 11.0. The minimum absolute atomic E-state index is 1.15. The van der Waals surface area contributed by atoms with Crippen LogP contribution in [0.5, 0.6) is 0 Å². The van der Waals surface area contributed by atoms with Crippen molar-refractivity contribution in [3.8, 4) is 0 Å². The average molecular weight is 410 g/mol. The molecule has 0 aliphatic heterocycles. The van der Waals surface area contributed by atoms with Crippen LogP contribution in [0.2, 0.25) is 0 Å². The monoisotopic (exact) mass is 409 g/mol. The maximum Gasteiger partial charge on any atom is 0.0468 e. The van der Waals surface area contributed by atoms with Gasteiger partial charge < -0.3 is 4.90 Å². The quantitative estimate of drug-likeness (QED) is 0.264. The highest BCUT2D eigenvalue weighted by Gasteiger charge is 2.14.